The van der Waals surface area contributed by atoms with Crippen LogP contribution >= 0.6 is 0 Å². The fourth-order valence-electron chi connectivity index (χ4n) is 4.91. The molecule has 144 valence electrons. The molecule has 3 aromatic rings. The summed E-state index contributed by atoms with van der Waals surface area (Å²) in [7, 11) is 0. The normalized spacial score (nSPS) is 13.6. The molecule has 0 bridgehead atoms. The van der Waals surface area contributed by atoms with Gasteiger partial charge >= 0.3 is 5.97 Å². The van der Waals surface area contributed by atoms with E-state index in [1.54, 1.807) is 0 Å². The van der Waals surface area contributed by atoms with Crippen LogP contribution < -0.4 is 0 Å². The van der Waals surface area contributed by atoms with E-state index in [1.165, 1.54) is 0 Å². The summed E-state index contributed by atoms with van der Waals surface area (Å²) in [6.07, 6.45) is 2.12. The van der Waals surface area contributed by atoms with Crippen molar-refractivity contribution >= 4 is 5.97 Å². The first-order chi connectivity index (χ1) is 13.6. The number of carbonyl (C=O) groups is 1. The first kappa shape index (κ1) is 19.9. The molecule has 0 fully saturated rings. The lowest BCUT2D eigenvalue weighted by molar-refractivity contribution is -0.147. The van der Waals surface area contributed by atoms with Crippen molar-refractivity contribution in [1.82, 2.24) is 0 Å². The Morgan fingerprint density at radius 1 is 0.714 bits per heavy atom. The number of carboxylic acids is 1. The lowest BCUT2D eigenvalue weighted by atomic mass is 9.51. The van der Waals surface area contributed by atoms with Gasteiger partial charge in [0.05, 0.1) is 0 Å². The Balaban J connectivity index is 2.47. The highest BCUT2D eigenvalue weighted by Gasteiger charge is 2.57. The Hall–Kier alpha value is -2.87. The average molecular weight is 373 g/mol. The summed E-state index contributed by atoms with van der Waals surface area (Å²) in [4.78, 5) is 13.1. The van der Waals surface area contributed by atoms with Crippen molar-refractivity contribution in [2.45, 2.75) is 43.9 Å². The van der Waals surface area contributed by atoms with Crippen LogP contribution in [0, 0.1) is 0 Å². The van der Waals surface area contributed by atoms with Gasteiger partial charge in [-0.3, -0.25) is 4.79 Å². The highest BCUT2D eigenvalue weighted by molar-refractivity contribution is 5.85. The number of hydrogen-bond donors (Lipinski definition) is 1. The van der Waals surface area contributed by atoms with Crippen LogP contribution in [0.15, 0.2) is 91.0 Å². The van der Waals surface area contributed by atoms with Gasteiger partial charge in [0.25, 0.3) is 0 Å². The van der Waals surface area contributed by atoms with Crippen LogP contribution in [0.4, 0.5) is 0 Å². The minimum absolute atomic E-state index is 0.496. The van der Waals surface area contributed by atoms with Crippen LogP contribution in [0.25, 0.3) is 0 Å². The summed E-state index contributed by atoms with van der Waals surface area (Å²) in [6.45, 7) is 4.13. The number of carboxylic acid groups (broad SMARTS) is 1. The molecule has 0 amide bonds. The molecular weight excluding hydrogens is 344 g/mol. The molecule has 3 aromatic carbocycles. The van der Waals surface area contributed by atoms with Crippen LogP contribution in [0.5, 0.6) is 0 Å². The molecule has 1 atom stereocenters. The van der Waals surface area contributed by atoms with Crippen molar-refractivity contribution in [2.75, 3.05) is 0 Å². The maximum Gasteiger partial charge on any atom is 0.315 e. The van der Waals surface area contributed by atoms with Gasteiger partial charge in [0, 0.05) is 5.41 Å². The molecule has 28 heavy (non-hydrogen) atoms. The highest BCUT2D eigenvalue weighted by Crippen LogP contribution is 2.54. The molecule has 1 N–H and O–H groups in total. The summed E-state index contributed by atoms with van der Waals surface area (Å²) in [5, 5.41) is 10.8. The minimum atomic E-state index is -1.08. The first-order valence-corrected chi connectivity index (χ1v) is 10.0. The molecule has 0 aliphatic rings. The third-order valence-corrected chi connectivity index (χ3v) is 6.05. The Morgan fingerprint density at radius 3 is 1.43 bits per heavy atom. The van der Waals surface area contributed by atoms with Gasteiger partial charge in [0.1, 0.15) is 5.41 Å². The maximum atomic E-state index is 13.1. The molecule has 0 radical (unpaired) electrons. The number of hydrogen-bond acceptors (Lipinski definition) is 1. The van der Waals surface area contributed by atoms with Crippen molar-refractivity contribution in [3.8, 4) is 0 Å². The highest BCUT2D eigenvalue weighted by atomic mass is 16.4. The molecule has 0 aliphatic heterocycles. The van der Waals surface area contributed by atoms with Gasteiger partial charge in [0.15, 0.2) is 0 Å². The zero-order chi connectivity index (χ0) is 20.0. The van der Waals surface area contributed by atoms with Crippen molar-refractivity contribution in [3.05, 3.63) is 108 Å². The van der Waals surface area contributed by atoms with Crippen molar-refractivity contribution < 1.29 is 9.90 Å². The van der Waals surface area contributed by atoms with Gasteiger partial charge in [-0.05, 0) is 29.5 Å². The third kappa shape index (κ3) is 3.03. The molecular formula is C26H28O2. The van der Waals surface area contributed by atoms with Gasteiger partial charge in [-0.25, -0.2) is 0 Å². The maximum absolute atomic E-state index is 13.1. The fraction of sp³-hybridized carbons (Fsp3) is 0.269. The first-order valence-electron chi connectivity index (χ1n) is 10.0. The average Bonchev–Trinajstić information content (AvgIpc) is 2.75. The minimum Gasteiger partial charge on any atom is -0.481 e. The molecule has 2 heteroatoms. The lowest BCUT2D eigenvalue weighted by Crippen LogP contribution is -2.55. The largest absolute Gasteiger partial charge is 0.481 e. The van der Waals surface area contributed by atoms with Crippen LogP contribution in [0.2, 0.25) is 0 Å². The molecule has 0 aromatic heterocycles. The number of benzene rings is 3. The van der Waals surface area contributed by atoms with Gasteiger partial charge < -0.3 is 5.11 Å². The summed E-state index contributed by atoms with van der Waals surface area (Å²) < 4.78 is 0. The second kappa shape index (κ2) is 8.43. The van der Waals surface area contributed by atoms with Crippen molar-refractivity contribution in [3.63, 3.8) is 0 Å². The second-order valence-electron chi connectivity index (χ2n) is 7.32. The molecule has 0 aliphatic carbocycles. The van der Waals surface area contributed by atoms with Crippen molar-refractivity contribution in [2.24, 2.45) is 0 Å². The molecule has 0 heterocycles. The zero-order valence-corrected chi connectivity index (χ0v) is 16.6. The fourth-order valence-corrected chi connectivity index (χ4v) is 4.91. The molecule has 3 rings (SSSR count). The van der Waals surface area contributed by atoms with Crippen LogP contribution in [0.1, 0.15) is 49.8 Å². The van der Waals surface area contributed by atoms with E-state index in [4.69, 9.17) is 0 Å². The Labute approximate surface area is 167 Å². The Morgan fingerprint density at radius 2 is 1.11 bits per heavy atom. The topological polar surface area (TPSA) is 37.3 Å². The second-order valence-corrected chi connectivity index (χ2v) is 7.32. The Kier molecular flexibility index (Phi) is 5.99. The molecule has 0 saturated carbocycles. The third-order valence-electron chi connectivity index (χ3n) is 6.05. The van der Waals surface area contributed by atoms with Crippen molar-refractivity contribution in [1.29, 1.82) is 0 Å². The lowest BCUT2D eigenvalue weighted by Gasteiger charge is -2.49. The van der Waals surface area contributed by atoms with Crippen LogP contribution in [-0.4, -0.2) is 11.1 Å². The van der Waals surface area contributed by atoms with Crippen LogP contribution in [-0.2, 0) is 15.6 Å². The molecule has 0 saturated heterocycles. The Bertz CT molecular complexity index is 848. The van der Waals surface area contributed by atoms with Gasteiger partial charge in [0.2, 0.25) is 0 Å². The van der Waals surface area contributed by atoms with E-state index in [2.05, 4.69) is 31.2 Å². The summed E-state index contributed by atoms with van der Waals surface area (Å²) in [5.41, 5.74) is 1.21. The number of aliphatic carboxylic acids is 1. The monoisotopic (exact) mass is 372 g/mol. The van der Waals surface area contributed by atoms with Gasteiger partial charge in [-0.2, -0.15) is 0 Å². The molecule has 2 nitrogen and oxygen atoms in total. The van der Waals surface area contributed by atoms with E-state index in [-0.39, 0.29) is 0 Å². The predicted molar refractivity (Wildman–Crippen MR) is 115 cm³/mol. The number of rotatable bonds is 8. The smallest absolute Gasteiger partial charge is 0.315 e. The predicted octanol–water partition coefficient (Wildman–Crippen LogP) is 6.21. The zero-order valence-electron chi connectivity index (χ0n) is 16.6. The van der Waals surface area contributed by atoms with E-state index >= 15 is 0 Å². The van der Waals surface area contributed by atoms with Gasteiger partial charge in [-0.15, -0.1) is 0 Å². The summed E-state index contributed by atoms with van der Waals surface area (Å²) >= 11 is 0. The van der Waals surface area contributed by atoms with Crippen LogP contribution in [0.3, 0.4) is 0 Å². The molecule has 0 spiro atoms. The SMILES string of the molecule is CCCC(c1ccccc1)(c1ccccc1)C(CC)(C(=O)O)c1ccccc1. The van der Waals surface area contributed by atoms with Gasteiger partial charge in [-0.1, -0.05) is 111 Å². The summed E-state index contributed by atoms with van der Waals surface area (Å²) in [6, 6.07) is 30.1. The van der Waals surface area contributed by atoms with E-state index < -0.39 is 16.8 Å². The van der Waals surface area contributed by atoms with E-state index in [0.717, 1.165) is 29.5 Å². The quantitative estimate of drug-likeness (QED) is 0.511. The molecule has 1 unspecified atom stereocenters. The van der Waals surface area contributed by atoms with E-state index in [0.29, 0.717) is 6.42 Å². The standard InChI is InChI=1S/C26H28O2/c1-3-20-26(22-16-10-6-11-17-22,23-18-12-7-13-19-23)25(4-2,24(27)28)21-14-8-5-9-15-21/h5-19H,3-4,20H2,1-2H3,(H,27,28). The summed E-state index contributed by atoms with van der Waals surface area (Å²) in [5.74, 6) is -0.776. The van der Waals surface area contributed by atoms with E-state index in [1.807, 2.05) is 73.7 Å². The van der Waals surface area contributed by atoms with E-state index in [9.17, 15) is 9.90 Å².